The van der Waals surface area contributed by atoms with Crippen LogP contribution >= 0.6 is 11.6 Å². The number of hydrogen-bond donors (Lipinski definition) is 1. The van der Waals surface area contributed by atoms with E-state index in [1.807, 2.05) is 39.0 Å². The summed E-state index contributed by atoms with van der Waals surface area (Å²) in [7, 11) is 0. The lowest BCUT2D eigenvalue weighted by molar-refractivity contribution is 0.102. The van der Waals surface area contributed by atoms with E-state index in [1.54, 1.807) is 0 Å². The molecule has 0 fully saturated rings. The molecule has 0 spiro atoms. The lowest BCUT2D eigenvalue weighted by Gasteiger charge is -2.13. The lowest BCUT2D eigenvalue weighted by Crippen LogP contribution is -2.18. The molecule has 31 heavy (non-hydrogen) atoms. The second-order valence-electron chi connectivity index (χ2n) is 7.26. The van der Waals surface area contributed by atoms with Gasteiger partial charge in [-0.25, -0.2) is 9.37 Å². The van der Waals surface area contributed by atoms with Gasteiger partial charge in [0.05, 0.1) is 22.3 Å². The van der Waals surface area contributed by atoms with Gasteiger partial charge in [-0.05, 0) is 56.2 Å². The fourth-order valence-corrected chi connectivity index (χ4v) is 3.79. The molecule has 0 aliphatic heterocycles. The Bertz CT molecular complexity index is 1380. The number of nitriles is 1. The molecule has 2 aromatic carbocycles. The van der Waals surface area contributed by atoms with E-state index in [4.69, 9.17) is 16.6 Å². The number of halogens is 2. The van der Waals surface area contributed by atoms with Crippen molar-refractivity contribution in [1.82, 2.24) is 14.8 Å². The molecule has 0 bridgehead atoms. The van der Waals surface area contributed by atoms with Gasteiger partial charge in [0.25, 0.3) is 5.91 Å². The smallest absolute Gasteiger partial charge is 0.261 e. The van der Waals surface area contributed by atoms with E-state index in [0.29, 0.717) is 5.82 Å². The molecule has 0 aliphatic carbocycles. The molecule has 0 atom stereocenters. The molecule has 6 nitrogen and oxygen atoms in total. The zero-order valence-corrected chi connectivity index (χ0v) is 17.8. The Hall–Kier alpha value is -3.76. The first-order chi connectivity index (χ1) is 14.8. The third kappa shape index (κ3) is 3.62. The van der Waals surface area contributed by atoms with E-state index in [2.05, 4.69) is 16.5 Å². The van der Waals surface area contributed by atoms with Crippen molar-refractivity contribution in [2.24, 2.45) is 0 Å². The predicted molar refractivity (Wildman–Crippen MR) is 117 cm³/mol. The van der Waals surface area contributed by atoms with Gasteiger partial charge in [0.1, 0.15) is 17.4 Å². The summed E-state index contributed by atoms with van der Waals surface area (Å²) >= 11 is 6.01. The van der Waals surface area contributed by atoms with Crippen molar-refractivity contribution >= 4 is 34.2 Å². The van der Waals surface area contributed by atoms with Crippen molar-refractivity contribution in [1.29, 1.82) is 5.26 Å². The normalized spacial score (nSPS) is 10.8. The average Bonchev–Trinajstić information content (AvgIpc) is 3.11. The standard InChI is InChI=1S/C23H17ClFN5O/c1-12-7-14(3)21-16(8-12)13(2)9-19(28-21)30-22(15(10-26)11-27-30)29-23(31)20-17(24)5-4-6-18(20)25/h4-9,11H,1-3H3,(H,29,31). The molecule has 1 N–H and O–H groups in total. The van der Waals surface area contributed by atoms with Gasteiger partial charge in [0.2, 0.25) is 0 Å². The molecule has 1 amide bonds. The zero-order valence-electron chi connectivity index (χ0n) is 17.0. The van der Waals surface area contributed by atoms with Gasteiger partial charge < -0.3 is 5.32 Å². The van der Waals surface area contributed by atoms with Crippen molar-refractivity contribution < 1.29 is 9.18 Å². The maximum atomic E-state index is 14.2. The summed E-state index contributed by atoms with van der Waals surface area (Å²) < 4.78 is 15.6. The summed E-state index contributed by atoms with van der Waals surface area (Å²) in [5.74, 6) is -1.04. The fraction of sp³-hybridized carbons (Fsp3) is 0.130. The predicted octanol–water partition coefficient (Wildman–Crippen LogP) is 5.26. The summed E-state index contributed by atoms with van der Waals surface area (Å²) in [4.78, 5) is 17.5. The molecule has 8 heteroatoms. The monoisotopic (exact) mass is 433 g/mol. The number of hydrogen-bond acceptors (Lipinski definition) is 4. The third-order valence-electron chi connectivity index (χ3n) is 4.97. The largest absolute Gasteiger partial charge is 0.305 e. The number of nitrogens with one attached hydrogen (secondary N) is 1. The van der Waals surface area contributed by atoms with Crippen molar-refractivity contribution in [2.45, 2.75) is 20.8 Å². The Morgan fingerprint density at radius 1 is 1.19 bits per heavy atom. The Kier molecular flexibility index (Phi) is 5.17. The number of aryl methyl sites for hydroxylation is 3. The Morgan fingerprint density at radius 2 is 1.97 bits per heavy atom. The van der Waals surface area contributed by atoms with Crippen molar-refractivity contribution in [3.05, 3.63) is 81.3 Å². The zero-order chi connectivity index (χ0) is 22.3. The number of benzene rings is 2. The number of anilines is 1. The summed E-state index contributed by atoms with van der Waals surface area (Å²) in [5.41, 5.74) is 3.69. The number of carbonyl (C=O) groups excluding carboxylic acids is 1. The highest BCUT2D eigenvalue weighted by molar-refractivity contribution is 6.34. The van der Waals surface area contributed by atoms with Gasteiger partial charge in [-0.2, -0.15) is 15.0 Å². The minimum Gasteiger partial charge on any atom is -0.305 e. The Balaban J connectivity index is 1.84. The summed E-state index contributed by atoms with van der Waals surface area (Å²) in [5, 5.41) is 17.3. The van der Waals surface area contributed by atoms with Crippen LogP contribution in [-0.2, 0) is 0 Å². The number of nitrogens with zero attached hydrogens (tertiary/aromatic N) is 4. The second-order valence-corrected chi connectivity index (χ2v) is 7.66. The highest BCUT2D eigenvalue weighted by Gasteiger charge is 2.21. The highest BCUT2D eigenvalue weighted by Crippen LogP contribution is 2.27. The third-order valence-corrected chi connectivity index (χ3v) is 5.29. The Morgan fingerprint density at radius 3 is 2.68 bits per heavy atom. The van der Waals surface area contributed by atoms with E-state index in [0.717, 1.165) is 33.7 Å². The lowest BCUT2D eigenvalue weighted by atomic mass is 10.0. The van der Waals surface area contributed by atoms with E-state index in [9.17, 15) is 14.4 Å². The summed E-state index contributed by atoms with van der Waals surface area (Å²) in [6, 6.07) is 11.9. The number of pyridine rings is 1. The van der Waals surface area contributed by atoms with Gasteiger partial charge in [0, 0.05) is 5.39 Å². The quantitative estimate of drug-likeness (QED) is 0.477. The van der Waals surface area contributed by atoms with Gasteiger partial charge in [-0.1, -0.05) is 29.3 Å². The molecule has 0 aliphatic rings. The maximum Gasteiger partial charge on any atom is 0.261 e. The molecular weight excluding hydrogens is 417 g/mol. The first kappa shape index (κ1) is 20.5. The molecule has 4 aromatic rings. The van der Waals surface area contributed by atoms with Crippen LogP contribution in [0.25, 0.3) is 16.7 Å². The molecule has 0 saturated heterocycles. The minimum absolute atomic E-state index is 0.0345. The summed E-state index contributed by atoms with van der Waals surface area (Å²) in [6.07, 6.45) is 1.32. The van der Waals surface area contributed by atoms with E-state index in [-0.39, 0.29) is 22.0 Å². The first-order valence-corrected chi connectivity index (χ1v) is 9.80. The van der Waals surface area contributed by atoms with Gasteiger partial charge in [-0.3, -0.25) is 4.79 Å². The van der Waals surface area contributed by atoms with Gasteiger partial charge >= 0.3 is 0 Å². The van der Waals surface area contributed by atoms with Gasteiger partial charge in [-0.15, -0.1) is 0 Å². The molecule has 2 heterocycles. The van der Waals surface area contributed by atoms with E-state index >= 15 is 0 Å². The summed E-state index contributed by atoms with van der Waals surface area (Å²) in [6.45, 7) is 5.95. The van der Waals surface area contributed by atoms with Crippen LogP contribution in [0, 0.1) is 37.9 Å². The van der Waals surface area contributed by atoms with E-state index in [1.165, 1.54) is 23.0 Å². The second kappa shape index (κ2) is 7.82. The SMILES string of the molecule is Cc1cc(C)c2nc(-n3ncc(C#N)c3NC(=O)c3c(F)cccc3Cl)cc(C)c2c1. The van der Waals surface area contributed by atoms with Crippen LogP contribution in [0.2, 0.25) is 5.02 Å². The molecule has 4 rings (SSSR count). The molecule has 0 unspecified atom stereocenters. The minimum atomic E-state index is -0.786. The molecule has 2 aromatic heterocycles. The highest BCUT2D eigenvalue weighted by atomic mass is 35.5. The van der Waals surface area contributed by atoms with Crippen LogP contribution in [0.3, 0.4) is 0 Å². The van der Waals surface area contributed by atoms with Gasteiger partial charge in [0.15, 0.2) is 11.6 Å². The number of aromatic nitrogens is 3. The number of rotatable bonds is 3. The van der Waals surface area contributed by atoms with E-state index < -0.39 is 11.7 Å². The number of carbonyl (C=O) groups is 1. The number of fused-ring (bicyclic) bond motifs is 1. The maximum absolute atomic E-state index is 14.2. The topological polar surface area (TPSA) is 83.6 Å². The first-order valence-electron chi connectivity index (χ1n) is 9.42. The van der Waals surface area contributed by atoms with Crippen LogP contribution in [0.15, 0.2) is 42.6 Å². The van der Waals surface area contributed by atoms with Crippen molar-refractivity contribution in [3.8, 4) is 11.9 Å². The fourth-order valence-electron chi connectivity index (χ4n) is 3.54. The van der Waals surface area contributed by atoms with Crippen molar-refractivity contribution in [3.63, 3.8) is 0 Å². The average molecular weight is 434 g/mol. The van der Waals surface area contributed by atoms with Crippen LogP contribution in [0.1, 0.15) is 32.6 Å². The molecule has 0 radical (unpaired) electrons. The molecule has 0 saturated carbocycles. The van der Waals surface area contributed by atoms with Crippen LogP contribution in [-0.4, -0.2) is 20.7 Å². The number of amides is 1. The van der Waals surface area contributed by atoms with Crippen LogP contribution in [0.5, 0.6) is 0 Å². The van der Waals surface area contributed by atoms with Crippen molar-refractivity contribution in [2.75, 3.05) is 5.32 Å². The molecular formula is C23H17ClFN5O. The van der Waals surface area contributed by atoms with Crippen LogP contribution < -0.4 is 5.32 Å². The van der Waals surface area contributed by atoms with Crippen LogP contribution in [0.4, 0.5) is 10.2 Å². The Labute approximate surface area is 182 Å². The molecule has 154 valence electrons.